The zero-order valence-corrected chi connectivity index (χ0v) is 13.9. The van der Waals surface area contributed by atoms with E-state index >= 15 is 0 Å². The molecular weight excluding hydrogens is 312 g/mol. The molecule has 0 aromatic heterocycles. The Hall–Kier alpha value is -1.01. The summed E-state index contributed by atoms with van der Waals surface area (Å²) in [6, 6.07) is 8.48. The summed E-state index contributed by atoms with van der Waals surface area (Å²) in [5.41, 5.74) is 2.54. The Labute approximate surface area is 129 Å². The molecule has 1 unspecified atom stereocenters. The Morgan fingerprint density at radius 3 is 2.65 bits per heavy atom. The minimum absolute atomic E-state index is 0.334. The molecule has 0 spiro atoms. The number of rotatable bonds is 2. The molecule has 1 aromatic carbocycles. The average molecular weight is 333 g/mol. The molecular formula is C17H21BrN2. The zero-order chi connectivity index (χ0) is 14.5. The van der Waals surface area contributed by atoms with Gasteiger partial charge in [-0.2, -0.15) is 5.26 Å². The first-order valence-corrected chi connectivity index (χ1v) is 8.12. The van der Waals surface area contributed by atoms with E-state index < -0.39 is 0 Å². The van der Waals surface area contributed by atoms with Crippen molar-refractivity contribution in [2.45, 2.75) is 46.1 Å². The Bertz CT molecular complexity index is 582. The maximum Gasteiger partial charge on any atom is 0.0992 e. The third-order valence-electron chi connectivity index (χ3n) is 5.67. The van der Waals surface area contributed by atoms with Crippen molar-refractivity contribution in [1.29, 1.82) is 5.26 Å². The van der Waals surface area contributed by atoms with Crippen LogP contribution in [-0.2, 0) is 0 Å². The summed E-state index contributed by atoms with van der Waals surface area (Å²) in [6.45, 7) is 7.23. The number of hydrogen-bond donors (Lipinski definition) is 1. The van der Waals surface area contributed by atoms with Crippen LogP contribution in [0.4, 0.5) is 5.69 Å². The second-order valence-electron chi connectivity index (χ2n) is 7.30. The van der Waals surface area contributed by atoms with Crippen LogP contribution in [0.15, 0.2) is 22.7 Å². The lowest BCUT2D eigenvalue weighted by Crippen LogP contribution is -2.45. The molecule has 20 heavy (non-hydrogen) atoms. The number of hydrogen-bond acceptors (Lipinski definition) is 2. The highest BCUT2D eigenvalue weighted by atomic mass is 79.9. The van der Waals surface area contributed by atoms with E-state index in [4.69, 9.17) is 5.26 Å². The lowest BCUT2D eigenvalue weighted by atomic mass is 9.68. The lowest BCUT2D eigenvalue weighted by Gasteiger charge is -2.43. The zero-order valence-electron chi connectivity index (χ0n) is 12.3. The van der Waals surface area contributed by atoms with Crippen LogP contribution in [-0.4, -0.2) is 6.04 Å². The second kappa shape index (κ2) is 4.49. The smallest absolute Gasteiger partial charge is 0.0992 e. The molecule has 0 heterocycles. The summed E-state index contributed by atoms with van der Waals surface area (Å²) in [7, 11) is 0. The van der Waals surface area contributed by atoms with E-state index in [2.05, 4.69) is 48.1 Å². The molecule has 2 aliphatic carbocycles. The summed E-state index contributed by atoms with van der Waals surface area (Å²) in [6.07, 6.45) is 4.04. The molecule has 106 valence electrons. The normalized spacial score (nSPS) is 34.0. The fourth-order valence-electron chi connectivity index (χ4n) is 4.52. The highest BCUT2D eigenvalue weighted by Crippen LogP contribution is 2.63. The van der Waals surface area contributed by atoms with Crippen LogP contribution in [0.5, 0.6) is 0 Å². The highest BCUT2D eigenvalue weighted by molar-refractivity contribution is 9.10. The molecule has 2 saturated carbocycles. The fraction of sp³-hybridized carbons (Fsp3) is 0.588. The summed E-state index contributed by atoms with van der Waals surface area (Å²) in [4.78, 5) is 0. The van der Waals surface area contributed by atoms with Crippen LogP contribution in [0, 0.1) is 28.1 Å². The molecule has 2 aliphatic rings. The molecule has 1 aromatic rings. The van der Waals surface area contributed by atoms with Crippen molar-refractivity contribution in [3.05, 3.63) is 28.2 Å². The second-order valence-corrected chi connectivity index (χ2v) is 8.15. The molecule has 0 radical (unpaired) electrons. The van der Waals surface area contributed by atoms with Gasteiger partial charge in [0.25, 0.3) is 0 Å². The molecule has 0 amide bonds. The largest absolute Gasteiger partial charge is 0.380 e. The molecule has 2 bridgehead atoms. The van der Waals surface area contributed by atoms with E-state index in [-0.39, 0.29) is 0 Å². The van der Waals surface area contributed by atoms with Gasteiger partial charge in [0.1, 0.15) is 0 Å². The molecule has 3 rings (SSSR count). The maximum absolute atomic E-state index is 8.96. The van der Waals surface area contributed by atoms with E-state index in [0.717, 1.165) is 16.1 Å². The first-order chi connectivity index (χ1) is 9.37. The van der Waals surface area contributed by atoms with Crippen molar-refractivity contribution in [3.8, 4) is 6.07 Å². The number of nitriles is 1. The maximum atomic E-state index is 8.96. The molecule has 3 atom stereocenters. The van der Waals surface area contributed by atoms with E-state index in [0.29, 0.717) is 22.4 Å². The molecule has 2 nitrogen and oxygen atoms in total. The van der Waals surface area contributed by atoms with Crippen LogP contribution in [0.25, 0.3) is 0 Å². The SMILES string of the molecule is CC1(C)C(Nc2ccc(C#N)cc2Br)[C@]2(C)CC[C@H]1C2. The number of benzene rings is 1. The number of halogens is 1. The Balaban J connectivity index is 1.90. The van der Waals surface area contributed by atoms with Crippen LogP contribution < -0.4 is 5.32 Å². The Morgan fingerprint density at radius 2 is 2.10 bits per heavy atom. The van der Waals surface area contributed by atoms with Gasteiger partial charge in [0.15, 0.2) is 0 Å². The molecule has 3 heteroatoms. The molecule has 0 saturated heterocycles. The Morgan fingerprint density at radius 1 is 1.35 bits per heavy atom. The van der Waals surface area contributed by atoms with Gasteiger partial charge in [-0.3, -0.25) is 0 Å². The van der Waals surface area contributed by atoms with Crippen LogP contribution >= 0.6 is 15.9 Å². The van der Waals surface area contributed by atoms with E-state index in [9.17, 15) is 0 Å². The van der Waals surface area contributed by atoms with Gasteiger partial charge >= 0.3 is 0 Å². The van der Waals surface area contributed by atoms with Crippen LogP contribution in [0.1, 0.15) is 45.6 Å². The molecule has 2 fully saturated rings. The number of fused-ring (bicyclic) bond motifs is 2. The van der Waals surface area contributed by atoms with Crippen molar-refractivity contribution in [2.75, 3.05) is 5.32 Å². The fourth-order valence-corrected chi connectivity index (χ4v) is 5.01. The number of nitrogens with one attached hydrogen (secondary N) is 1. The molecule has 1 N–H and O–H groups in total. The minimum Gasteiger partial charge on any atom is -0.380 e. The lowest BCUT2D eigenvalue weighted by molar-refractivity contribution is 0.155. The first-order valence-electron chi connectivity index (χ1n) is 7.33. The number of anilines is 1. The van der Waals surface area contributed by atoms with Gasteiger partial charge in [0.2, 0.25) is 0 Å². The predicted molar refractivity (Wildman–Crippen MR) is 85.5 cm³/mol. The van der Waals surface area contributed by atoms with Crippen LogP contribution in [0.3, 0.4) is 0 Å². The van der Waals surface area contributed by atoms with Gasteiger partial charge in [-0.1, -0.05) is 20.8 Å². The average Bonchev–Trinajstić information content (AvgIpc) is 2.87. The van der Waals surface area contributed by atoms with Gasteiger partial charge in [0.05, 0.1) is 11.6 Å². The molecule has 0 aliphatic heterocycles. The van der Waals surface area contributed by atoms with E-state index in [1.807, 2.05) is 18.2 Å². The van der Waals surface area contributed by atoms with Crippen LogP contribution in [0.2, 0.25) is 0 Å². The number of nitrogens with zero attached hydrogens (tertiary/aromatic N) is 1. The summed E-state index contributed by atoms with van der Waals surface area (Å²) < 4.78 is 0.985. The van der Waals surface area contributed by atoms with Gasteiger partial charge in [0, 0.05) is 16.2 Å². The topological polar surface area (TPSA) is 35.8 Å². The van der Waals surface area contributed by atoms with Gasteiger partial charge in [-0.15, -0.1) is 0 Å². The van der Waals surface area contributed by atoms with Crippen molar-refractivity contribution in [3.63, 3.8) is 0 Å². The first kappa shape index (κ1) is 13.9. The standard InChI is InChI=1S/C17H21BrN2/c1-16(2)12-6-7-17(3,9-12)15(16)20-14-5-4-11(10-19)8-13(14)18/h4-5,8,12,15,20H,6-7,9H2,1-3H3/t12-,15?,17+/m0/s1. The minimum atomic E-state index is 0.334. The summed E-state index contributed by atoms with van der Waals surface area (Å²) in [5, 5.41) is 12.7. The monoisotopic (exact) mass is 332 g/mol. The van der Waals surface area contributed by atoms with E-state index in [1.54, 1.807) is 0 Å². The van der Waals surface area contributed by atoms with Crippen molar-refractivity contribution in [1.82, 2.24) is 0 Å². The highest BCUT2D eigenvalue weighted by Gasteiger charge is 2.59. The Kier molecular flexibility index (Phi) is 3.14. The third-order valence-corrected chi connectivity index (χ3v) is 6.32. The van der Waals surface area contributed by atoms with Gasteiger partial charge in [-0.05, 0) is 70.1 Å². The van der Waals surface area contributed by atoms with E-state index in [1.165, 1.54) is 19.3 Å². The van der Waals surface area contributed by atoms with Crippen molar-refractivity contribution < 1.29 is 0 Å². The van der Waals surface area contributed by atoms with Gasteiger partial charge in [-0.25, -0.2) is 0 Å². The summed E-state index contributed by atoms with van der Waals surface area (Å²) in [5.74, 6) is 0.835. The van der Waals surface area contributed by atoms with Crippen molar-refractivity contribution in [2.24, 2.45) is 16.7 Å². The van der Waals surface area contributed by atoms with Gasteiger partial charge < -0.3 is 5.32 Å². The summed E-state index contributed by atoms with van der Waals surface area (Å²) >= 11 is 3.59. The predicted octanol–water partition coefficient (Wildman–Crippen LogP) is 4.95. The third kappa shape index (κ3) is 1.97. The quantitative estimate of drug-likeness (QED) is 0.831. The van der Waals surface area contributed by atoms with Crippen molar-refractivity contribution >= 4 is 21.6 Å².